The van der Waals surface area contributed by atoms with Crippen LogP contribution in [0.2, 0.25) is 0 Å². The highest BCUT2D eigenvalue weighted by molar-refractivity contribution is 8.00. The first kappa shape index (κ1) is 21.2. The topological polar surface area (TPSA) is 20.5 Å². The predicted molar refractivity (Wildman–Crippen MR) is 158 cm³/mol. The lowest BCUT2D eigenvalue weighted by molar-refractivity contribution is 0.650. The van der Waals surface area contributed by atoms with Gasteiger partial charge in [0, 0.05) is 27.3 Å². The highest BCUT2D eigenvalue weighted by Crippen LogP contribution is 2.62. The van der Waals surface area contributed by atoms with Gasteiger partial charge >= 0.3 is 0 Å². The molecule has 5 aromatic rings. The van der Waals surface area contributed by atoms with Crippen molar-refractivity contribution in [3.63, 3.8) is 0 Å². The number of hydrogen-bond donors (Lipinski definition) is 0. The van der Waals surface area contributed by atoms with E-state index in [0.717, 1.165) is 23.9 Å². The Labute approximate surface area is 226 Å². The van der Waals surface area contributed by atoms with Crippen molar-refractivity contribution in [2.24, 2.45) is 0 Å². The summed E-state index contributed by atoms with van der Waals surface area (Å²) in [4.78, 5) is 4.00. The molecule has 0 saturated heterocycles. The first-order valence-corrected chi connectivity index (χ1v) is 14.5. The van der Waals surface area contributed by atoms with Crippen LogP contribution in [0.5, 0.6) is 0 Å². The molecule has 0 N–H and O–H groups in total. The zero-order chi connectivity index (χ0) is 25.2. The molecule has 4 heteroatoms. The molecule has 0 radical (unpaired) electrons. The highest BCUT2D eigenvalue weighted by Gasteiger charge is 2.48. The maximum absolute atomic E-state index is 4.93. The van der Waals surface area contributed by atoms with Gasteiger partial charge in [0.15, 0.2) is 0 Å². The van der Waals surface area contributed by atoms with Gasteiger partial charge in [-0.25, -0.2) is 4.52 Å². The van der Waals surface area contributed by atoms with Gasteiger partial charge < -0.3 is 4.90 Å². The zero-order valence-corrected chi connectivity index (χ0v) is 22.3. The lowest BCUT2D eigenvalue weighted by Gasteiger charge is -2.27. The van der Waals surface area contributed by atoms with Crippen molar-refractivity contribution >= 4 is 45.1 Å². The van der Waals surface area contributed by atoms with E-state index in [0.29, 0.717) is 11.3 Å². The first-order chi connectivity index (χ1) is 18.6. The Balaban J connectivity index is 1.29. The Hall–Kier alpha value is -3.76. The van der Waals surface area contributed by atoms with E-state index in [1.807, 2.05) is 11.8 Å². The second-order valence-corrected chi connectivity index (χ2v) is 12.7. The van der Waals surface area contributed by atoms with Gasteiger partial charge in [0.05, 0.1) is 28.3 Å². The van der Waals surface area contributed by atoms with Crippen molar-refractivity contribution in [2.75, 3.05) is 4.90 Å². The number of fused-ring (bicyclic) bond motifs is 10. The molecule has 0 bridgehead atoms. The summed E-state index contributed by atoms with van der Waals surface area (Å²) in [6.07, 6.45) is 9.25. The Kier molecular flexibility index (Phi) is 4.02. The summed E-state index contributed by atoms with van der Waals surface area (Å²) in [7, 11) is 0. The second-order valence-electron chi connectivity index (χ2n) is 11.5. The molecule has 2 aromatic heterocycles. The van der Waals surface area contributed by atoms with Gasteiger partial charge in [0.25, 0.3) is 0 Å². The van der Waals surface area contributed by atoms with Gasteiger partial charge in [-0.2, -0.15) is 5.10 Å². The van der Waals surface area contributed by atoms with E-state index >= 15 is 0 Å². The van der Waals surface area contributed by atoms with E-state index < -0.39 is 0 Å². The van der Waals surface area contributed by atoms with Gasteiger partial charge in [-0.3, -0.25) is 0 Å². The van der Waals surface area contributed by atoms with Gasteiger partial charge in [-0.1, -0.05) is 80.2 Å². The second kappa shape index (κ2) is 7.21. The number of benzene rings is 3. The molecular formula is C34H27N3S. The number of allylic oxidation sites excluding steroid dienone is 4. The SMILES string of the molecule is CC1(C)C2=C(CCC=C2)c2cc3c(cc21)C1c2ccccc2SC1N3c1ccc2c3ccccc3nn2c1. The Bertz CT molecular complexity index is 1910. The third-order valence-electron chi connectivity index (χ3n) is 9.23. The summed E-state index contributed by atoms with van der Waals surface area (Å²) in [6.45, 7) is 4.82. The highest BCUT2D eigenvalue weighted by atomic mass is 32.2. The van der Waals surface area contributed by atoms with Crippen LogP contribution in [0, 0.1) is 0 Å². The molecule has 0 spiro atoms. The molecule has 0 fully saturated rings. The third-order valence-corrected chi connectivity index (χ3v) is 10.6. The van der Waals surface area contributed by atoms with Crippen molar-refractivity contribution < 1.29 is 0 Å². The fourth-order valence-electron chi connectivity index (χ4n) is 7.46. The molecule has 4 aliphatic rings. The van der Waals surface area contributed by atoms with Crippen LogP contribution >= 0.6 is 11.8 Å². The van der Waals surface area contributed by atoms with Crippen LogP contribution in [0.4, 0.5) is 11.4 Å². The molecule has 0 amide bonds. The van der Waals surface area contributed by atoms with E-state index in [4.69, 9.17) is 5.10 Å². The average Bonchev–Trinajstić information content (AvgIpc) is 3.64. The van der Waals surface area contributed by atoms with Crippen molar-refractivity contribution in [2.45, 2.75) is 48.3 Å². The van der Waals surface area contributed by atoms with Gasteiger partial charge in [0.2, 0.25) is 0 Å². The number of aromatic nitrogens is 2. The summed E-state index contributed by atoms with van der Waals surface area (Å²) in [5, 5.41) is 6.43. The predicted octanol–water partition coefficient (Wildman–Crippen LogP) is 8.60. The van der Waals surface area contributed by atoms with Crippen molar-refractivity contribution in [1.29, 1.82) is 0 Å². The normalized spacial score (nSPS) is 22.1. The van der Waals surface area contributed by atoms with Gasteiger partial charge in [-0.15, -0.1) is 0 Å². The molecule has 4 heterocycles. The number of anilines is 2. The number of thioether (sulfide) groups is 1. The Morgan fingerprint density at radius 2 is 1.82 bits per heavy atom. The maximum Gasteiger partial charge on any atom is 0.0956 e. The van der Waals surface area contributed by atoms with Crippen LogP contribution in [-0.4, -0.2) is 15.0 Å². The molecule has 0 saturated carbocycles. The summed E-state index contributed by atoms with van der Waals surface area (Å²) >= 11 is 2.01. The Morgan fingerprint density at radius 3 is 2.76 bits per heavy atom. The Morgan fingerprint density at radius 1 is 0.947 bits per heavy atom. The van der Waals surface area contributed by atoms with Crippen LogP contribution in [0.1, 0.15) is 54.9 Å². The molecule has 38 heavy (non-hydrogen) atoms. The molecule has 2 atom stereocenters. The smallest absolute Gasteiger partial charge is 0.0956 e. The number of hydrogen-bond acceptors (Lipinski definition) is 3. The van der Waals surface area contributed by atoms with Crippen molar-refractivity contribution in [1.82, 2.24) is 9.61 Å². The van der Waals surface area contributed by atoms with Crippen molar-refractivity contribution in [3.05, 3.63) is 119 Å². The molecule has 9 rings (SSSR count). The quantitative estimate of drug-likeness (QED) is 0.226. The average molecular weight is 510 g/mol. The number of rotatable bonds is 1. The van der Waals surface area contributed by atoms with E-state index in [1.165, 1.54) is 49.5 Å². The van der Waals surface area contributed by atoms with Crippen LogP contribution in [0.3, 0.4) is 0 Å². The number of nitrogens with zero attached hydrogens (tertiary/aromatic N) is 3. The van der Waals surface area contributed by atoms with E-state index in [-0.39, 0.29) is 5.41 Å². The minimum Gasteiger partial charge on any atom is -0.326 e. The van der Waals surface area contributed by atoms with E-state index in [1.54, 1.807) is 5.57 Å². The van der Waals surface area contributed by atoms with Crippen LogP contribution in [-0.2, 0) is 5.41 Å². The van der Waals surface area contributed by atoms with Gasteiger partial charge in [-0.05, 0) is 76.6 Å². The minimum absolute atomic E-state index is 0.0406. The molecular weight excluding hydrogens is 482 g/mol. The van der Waals surface area contributed by atoms with Crippen LogP contribution < -0.4 is 4.90 Å². The van der Waals surface area contributed by atoms with Crippen molar-refractivity contribution in [3.8, 4) is 0 Å². The van der Waals surface area contributed by atoms with Gasteiger partial charge in [0.1, 0.15) is 0 Å². The summed E-state index contributed by atoms with van der Waals surface area (Å²) < 4.78 is 2.07. The summed E-state index contributed by atoms with van der Waals surface area (Å²) in [5.74, 6) is 0.355. The zero-order valence-electron chi connectivity index (χ0n) is 21.5. The fourth-order valence-corrected chi connectivity index (χ4v) is 8.98. The monoisotopic (exact) mass is 509 g/mol. The lowest BCUT2D eigenvalue weighted by Crippen LogP contribution is -2.24. The minimum atomic E-state index is 0.0406. The summed E-state index contributed by atoms with van der Waals surface area (Å²) in [6, 6.07) is 27.1. The largest absolute Gasteiger partial charge is 0.326 e. The van der Waals surface area contributed by atoms with Crippen LogP contribution in [0.25, 0.3) is 22.0 Å². The molecule has 3 nitrogen and oxygen atoms in total. The van der Waals surface area contributed by atoms with Crippen LogP contribution in [0.15, 0.2) is 102 Å². The summed E-state index contributed by atoms with van der Waals surface area (Å²) in [5.41, 5.74) is 13.7. The lowest BCUT2D eigenvalue weighted by atomic mass is 9.79. The molecule has 2 aliphatic carbocycles. The first-order valence-electron chi connectivity index (χ1n) is 13.6. The standard InChI is InChI=1S/C34H27N3S/c1-34(2)26-12-6-3-9-21(26)24-18-30-25(17-27(24)34)32-23-11-5-8-14-31(23)38-33(32)37(30)20-15-16-29-22-10-4-7-13-28(22)35-36(29)19-20/h4-8,10-19,32-33H,3,9H2,1-2H3. The molecule has 184 valence electrons. The molecule has 2 aliphatic heterocycles. The molecule has 2 unspecified atom stereocenters. The van der Waals surface area contributed by atoms with E-state index in [9.17, 15) is 0 Å². The maximum atomic E-state index is 4.93. The molecule has 3 aromatic carbocycles. The fraction of sp³-hybridized carbons (Fsp3) is 0.206. The third kappa shape index (κ3) is 2.59. The number of pyridine rings is 1. The van der Waals surface area contributed by atoms with E-state index in [2.05, 4.69) is 114 Å².